The third kappa shape index (κ3) is 3.09. The molecule has 0 aromatic carbocycles. The van der Waals surface area contributed by atoms with Gasteiger partial charge in [-0.05, 0) is 36.3 Å². The van der Waals surface area contributed by atoms with Gasteiger partial charge in [-0.25, -0.2) is 0 Å². The molecule has 2 rings (SSSR count). The van der Waals surface area contributed by atoms with Gasteiger partial charge in [-0.3, -0.25) is 0 Å². The first-order valence-corrected chi connectivity index (χ1v) is 5.74. The average molecular weight is 198 g/mol. The molecule has 0 saturated carbocycles. The van der Waals surface area contributed by atoms with Gasteiger partial charge >= 0.3 is 0 Å². The zero-order valence-corrected chi connectivity index (χ0v) is 9.32. The quantitative estimate of drug-likeness (QED) is 0.619. The number of allylic oxidation sites excluding steroid dienone is 10. The predicted molar refractivity (Wildman–Crippen MR) is 66.6 cm³/mol. The molecule has 0 bridgehead atoms. The standard InChI is InChI=1S/C15H18/c1-13-8-10-15(11-9-13)12-14-6-4-2-3-5-7-14/h2-4,6-8,10-11,13H,5,9,12H2,1H3. The van der Waals surface area contributed by atoms with Gasteiger partial charge in [0.05, 0.1) is 0 Å². The van der Waals surface area contributed by atoms with Gasteiger partial charge in [0.15, 0.2) is 0 Å². The van der Waals surface area contributed by atoms with E-state index in [1.54, 1.807) is 0 Å². The van der Waals surface area contributed by atoms with Gasteiger partial charge in [0.25, 0.3) is 0 Å². The summed E-state index contributed by atoms with van der Waals surface area (Å²) in [5.41, 5.74) is 2.90. The summed E-state index contributed by atoms with van der Waals surface area (Å²) in [6.45, 7) is 2.26. The van der Waals surface area contributed by atoms with Crippen molar-refractivity contribution in [3.8, 4) is 0 Å². The first kappa shape index (κ1) is 10.2. The molecule has 0 fully saturated rings. The number of rotatable bonds is 2. The Morgan fingerprint density at radius 3 is 2.80 bits per heavy atom. The number of hydrogen-bond acceptors (Lipinski definition) is 0. The van der Waals surface area contributed by atoms with Gasteiger partial charge in [0.2, 0.25) is 0 Å². The molecular weight excluding hydrogens is 180 g/mol. The van der Waals surface area contributed by atoms with Crippen LogP contribution in [-0.4, -0.2) is 0 Å². The summed E-state index contributed by atoms with van der Waals surface area (Å²) in [7, 11) is 0. The van der Waals surface area contributed by atoms with E-state index in [0.717, 1.165) is 12.8 Å². The molecule has 2 aliphatic carbocycles. The van der Waals surface area contributed by atoms with Crippen LogP contribution in [-0.2, 0) is 0 Å². The maximum atomic E-state index is 2.37. The molecule has 0 spiro atoms. The summed E-state index contributed by atoms with van der Waals surface area (Å²) in [5.74, 6) is 0.717. The van der Waals surface area contributed by atoms with Crippen molar-refractivity contribution in [2.45, 2.75) is 26.2 Å². The van der Waals surface area contributed by atoms with Crippen molar-refractivity contribution in [1.29, 1.82) is 0 Å². The topological polar surface area (TPSA) is 0 Å². The second-order valence-corrected chi connectivity index (χ2v) is 4.33. The largest absolute Gasteiger partial charge is 0.0811 e. The molecule has 0 nitrogen and oxygen atoms in total. The molecule has 0 saturated heterocycles. The molecule has 0 N–H and O–H groups in total. The van der Waals surface area contributed by atoms with E-state index in [4.69, 9.17) is 0 Å². The fraction of sp³-hybridized carbons (Fsp3) is 0.333. The Labute approximate surface area is 92.4 Å². The van der Waals surface area contributed by atoms with Crippen LogP contribution in [0.3, 0.4) is 0 Å². The molecule has 0 amide bonds. The van der Waals surface area contributed by atoms with Crippen molar-refractivity contribution in [1.82, 2.24) is 0 Å². The van der Waals surface area contributed by atoms with Crippen LogP contribution in [0.25, 0.3) is 0 Å². The van der Waals surface area contributed by atoms with Crippen LogP contribution in [0.2, 0.25) is 0 Å². The van der Waals surface area contributed by atoms with Gasteiger partial charge in [0.1, 0.15) is 0 Å². The maximum absolute atomic E-state index is 2.37. The second kappa shape index (κ2) is 4.97. The molecule has 0 radical (unpaired) electrons. The van der Waals surface area contributed by atoms with E-state index < -0.39 is 0 Å². The Hall–Kier alpha value is -1.30. The molecular formula is C15H18. The van der Waals surface area contributed by atoms with Crippen molar-refractivity contribution >= 4 is 0 Å². The highest BCUT2D eigenvalue weighted by atomic mass is 14.1. The summed E-state index contributed by atoms with van der Waals surface area (Å²) >= 11 is 0. The van der Waals surface area contributed by atoms with Crippen LogP contribution in [0, 0.1) is 5.92 Å². The van der Waals surface area contributed by atoms with E-state index in [1.807, 2.05) is 0 Å². The first-order valence-electron chi connectivity index (χ1n) is 5.74. The minimum atomic E-state index is 0.717. The van der Waals surface area contributed by atoms with Crippen LogP contribution >= 0.6 is 0 Å². The van der Waals surface area contributed by atoms with E-state index in [2.05, 4.69) is 55.5 Å². The molecule has 0 aliphatic heterocycles. The smallest absolute Gasteiger partial charge is 0.00321 e. The Bertz CT molecular complexity index is 361. The van der Waals surface area contributed by atoms with Crippen LogP contribution < -0.4 is 0 Å². The molecule has 2 aliphatic rings. The molecule has 0 heterocycles. The molecule has 15 heavy (non-hydrogen) atoms. The Balaban J connectivity index is 1.98. The van der Waals surface area contributed by atoms with Crippen molar-refractivity contribution in [2.75, 3.05) is 0 Å². The number of hydrogen-bond donors (Lipinski definition) is 0. The summed E-state index contributed by atoms with van der Waals surface area (Å²) in [5, 5.41) is 0. The highest BCUT2D eigenvalue weighted by Gasteiger charge is 2.04. The Morgan fingerprint density at radius 1 is 1.13 bits per heavy atom. The second-order valence-electron chi connectivity index (χ2n) is 4.33. The highest BCUT2D eigenvalue weighted by Crippen LogP contribution is 2.22. The predicted octanol–water partition coefficient (Wildman–Crippen LogP) is 4.34. The van der Waals surface area contributed by atoms with Crippen LogP contribution in [0.15, 0.2) is 59.8 Å². The van der Waals surface area contributed by atoms with E-state index in [0.29, 0.717) is 5.92 Å². The van der Waals surface area contributed by atoms with Gasteiger partial charge < -0.3 is 0 Å². The van der Waals surface area contributed by atoms with Crippen molar-refractivity contribution < 1.29 is 0 Å². The molecule has 78 valence electrons. The van der Waals surface area contributed by atoms with Crippen molar-refractivity contribution in [3.63, 3.8) is 0 Å². The fourth-order valence-corrected chi connectivity index (χ4v) is 1.89. The molecule has 0 aromatic rings. The third-order valence-corrected chi connectivity index (χ3v) is 2.87. The summed E-state index contributed by atoms with van der Waals surface area (Å²) in [6, 6.07) is 0. The van der Waals surface area contributed by atoms with Crippen LogP contribution in [0.5, 0.6) is 0 Å². The van der Waals surface area contributed by atoms with Gasteiger partial charge in [0, 0.05) is 0 Å². The third-order valence-electron chi connectivity index (χ3n) is 2.87. The summed E-state index contributed by atoms with van der Waals surface area (Å²) in [4.78, 5) is 0. The average Bonchev–Trinajstić information content (AvgIpc) is 2.50. The van der Waals surface area contributed by atoms with E-state index in [-0.39, 0.29) is 0 Å². The lowest BCUT2D eigenvalue weighted by atomic mass is 9.94. The maximum Gasteiger partial charge on any atom is -0.00321 e. The molecule has 0 heteroatoms. The molecule has 0 aromatic heterocycles. The van der Waals surface area contributed by atoms with E-state index in [9.17, 15) is 0 Å². The minimum absolute atomic E-state index is 0.717. The zero-order chi connectivity index (χ0) is 10.5. The van der Waals surface area contributed by atoms with Crippen molar-refractivity contribution in [3.05, 3.63) is 59.8 Å². The lowest BCUT2D eigenvalue weighted by molar-refractivity contribution is 0.728. The Kier molecular flexibility index (Phi) is 3.39. The van der Waals surface area contributed by atoms with E-state index in [1.165, 1.54) is 17.6 Å². The normalized spacial score (nSPS) is 24.7. The monoisotopic (exact) mass is 198 g/mol. The fourth-order valence-electron chi connectivity index (χ4n) is 1.89. The highest BCUT2D eigenvalue weighted by molar-refractivity contribution is 5.35. The summed E-state index contributed by atoms with van der Waals surface area (Å²) in [6.07, 6.45) is 21.3. The summed E-state index contributed by atoms with van der Waals surface area (Å²) < 4.78 is 0. The lowest BCUT2D eigenvalue weighted by Crippen LogP contribution is -1.95. The lowest BCUT2D eigenvalue weighted by Gasteiger charge is -2.12. The van der Waals surface area contributed by atoms with E-state index >= 15 is 0 Å². The SMILES string of the molecule is CC1C=CC(CC2=CCC=CC=C2)=CC1. The first-order chi connectivity index (χ1) is 7.34. The zero-order valence-electron chi connectivity index (χ0n) is 9.32. The van der Waals surface area contributed by atoms with Crippen molar-refractivity contribution in [2.24, 2.45) is 5.92 Å². The van der Waals surface area contributed by atoms with Gasteiger partial charge in [-0.2, -0.15) is 0 Å². The minimum Gasteiger partial charge on any atom is -0.0811 e. The van der Waals surface area contributed by atoms with Crippen LogP contribution in [0.1, 0.15) is 26.2 Å². The molecule has 1 atom stereocenters. The molecule has 1 unspecified atom stereocenters. The van der Waals surface area contributed by atoms with Gasteiger partial charge in [-0.15, -0.1) is 0 Å². The van der Waals surface area contributed by atoms with Crippen LogP contribution in [0.4, 0.5) is 0 Å². The van der Waals surface area contributed by atoms with Gasteiger partial charge in [-0.1, -0.05) is 55.5 Å². The Morgan fingerprint density at radius 2 is 2.00 bits per heavy atom.